The van der Waals surface area contributed by atoms with Gasteiger partial charge >= 0.3 is 11.9 Å². The van der Waals surface area contributed by atoms with Gasteiger partial charge in [-0.15, -0.1) is 0 Å². The summed E-state index contributed by atoms with van der Waals surface area (Å²) in [6.07, 6.45) is 2.20. The first kappa shape index (κ1) is 22.5. The molecular weight excluding hydrogens is 394 g/mol. The van der Waals surface area contributed by atoms with E-state index in [1.165, 1.54) is 6.92 Å². The molecular formula is C25H29NO5. The van der Waals surface area contributed by atoms with Crippen LogP contribution in [0.3, 0.4) is 0 Å². The third kappa shape index (κ3) is 5.51. The van der Waals surface area contributed by atoms with Crippen LogP contribution >= 0.6 is 0 Å². The Labute approximate surface area is 183 Å². The molecule has 1 aliphatic heterocycles. The average Bonchev–Trinajstić information content (AvgIpc) is 2.73. The Kier molecular flexibility index (Phi) is 7.10. The molecule has 0 spiro atoms. The maximum absolute atomic E-state index is 12.9. The van der Waals surface area contributed by atoms with Crippen LogP contribution in [-0.4, -0.2) is 40.9 Å². The summed E-state index contributed by atoms with van der Waals surface area (Å²) in [5.41, 5.74) is 2.06. The molecule has 2 aromatic carbocycles. The predicted octanol–water partition coefficient (Wildman–Crippen LogP) is 4.61. The highest BCUT2D eigenvalue weighted by Gasteiger charge is 2.33. The molecule has 31 heavy (non-hydrogen) atoms. The number of carbonyl (C=O) groups is 3. The van der Waals surface area contributed by atoms with Crippen LogP contribution in [0.15, 0.2) is 48.5 Å². The second-order valence-electron chi connectivity index (χ2n) is 8.12. The fourth-order valence-electron chi connectivity index (χ4n) is 4.05. The third-order valence-electron chi connectivity index (χ3n) is 5.63. The van der Waals surface area contributed by atoms with Crippen LogP contribution in [0.5, 0.6) is 5.75 Å². The van der Waals surface area contributed by atoms with Gasteiger partial charge in [-0.2, -0.15) is 0 Å². The second-order valence-corrected chi connectivity index (χ2v) is 8.12. The van der Waals surface area contributed by atoms with Crippen LogP contribution in [-0.2, 0) is 14.3 Å². The van der Waals surface area contributed by atoms with Gasteiger partial charge in [0.2, 0.25) is 0 Å². The molecule has 1 saturated heterocycles. The molecule has 1 aliphatic rings. The zero-order valence-electron chi connectivity index (χ0n) is 18.5. The number of esters is 2. The van der Waals surface area contributed by atoms with Crippen LogP contribution < -0.4 is 4.74 Å². The van der Waals surface area contributed by atoms with Crippen molar-refractivity contribution in [3.05, 3.63) is 54.1 Å². The molecule has 6 heteroatoms. The third-order valence-corrected chi connectivity index (χ3v) is 5.63. The molecule has 164 valence electrons. The molecule has 0 unspecified atom stereocenters. The van der Waals surface area contributed by atoms with Gasteiger partial charge in [-0.1, -0.05) is 24.3 Å². The molecule has 2 aromatic rings. The Morgan fingerprint density at radius 1 is 0.968 bits per heavy atom. The second kappa shape index (κ2) is 9.77. The number of carbonyl (C=O) groups excluding carboxylic acids is 3. The molecule has 3 atom stereocenters. The van der Waals surface area contributed by atoms with Gasteiger partial charge < -0.3 is 14.4 Å². The van der Waals surface area contributed by atoms with Gasteiger partial charge in [0.15, 0.2) is 6.10 Å². The lowest BCUT2D eigenvalue weighted by Gasteiger charge is -2.40. The Bertz CT molecular complexity index is 943. The summed E-state index contributed by atoms with van der Waals surface area (Å²) in [4.78, 5) is 38.5. The largest absolute Gasteiger partial charge is 0.449 e. The highest BCUT2D eigenvalue weighted by Crippen LogP contribution is 2.25. The first-order valence-electron chi connectivity index (χ1n) is 10.7. The van der Waals surface area contributed by atoms with E-state index >= 15 is 0 Å². The fourth-order valence-corrected chi connectivity index (χ4v) is 4.05. The Balaban J connectivity index is 1.69. The maximum Gasteiger partial charge on any atom is 0.338 e. The van der Waals surface area contributed by atoms with Crippen molar-refractivity contribution in [2.45, 2.75) is 65.1 Å². The lowest BCUT2D eigenvalue weighted by Crippen LogP contribution is -2.51. The molecule has 0 aliphatic carbocycles. The normalized spacial score (nSPS) is 19.4. The van der Waals surface area contributed by atoms with E-state index in [0.29, 0.717) is 11.3 Å². The molecule has 0 radical (unpaired) electrons. The van der Waals surface area contributed by atoms with E-state index in [2.05, 4.69) is 0 Å². The van der Waals surface area contributed by atoms with Crippen molar-refractivity contribution in [2.75, 3.05) is 0 Å². The Morgan fingerprint density at radius 2 is 1.61 bits per heavy atom. The summed E-state index contributed by atoms with van der Waals surface area (Å²) in [5, 5.41) is 0. The number of amides is 1. The zero-order valence-corrected chi connectivity index (χ0v) is 18.5. The Hall–Kier alpha value is -3.15. The maximum atomic E-state index is 12.9. The summed E-state index contributed by atoms with van der Waals surface area (Å²) in [6.45, 7) is 7.06. The van der Waals surface area contributed by atoms with Gasteiger partial charge in [0.25, 0.3) is 5.91 Å². The molecule has 1 heterocycles. The van der Waals surface area contributed by atoms with Crippen molar-refractivity contribution in [3.8, 4) is 16.9 Å². The number of rotatable bonds is 5. The van der Waals surface area contributed by atoms with Crippen LogP contribution in [0.25, 0.3) is 11.1 Å². The van der Waals surface area contributed by atoms with E-state index in [1.807, 2.05) is 36.9 Å². The number of ether oxygens (including phenoxy) is 2. The number of hydrogen-bond acceptors (Lipinski definition) is 5. The minimum atomic E-state index is -0.845. The topological polar surface area (TPSA) is 72.9 Å². The van der Waals surface area contributed by atoms with Crippen LogP contribution in [0, 0.1) is 0 Å². The first-order valence-corrected chi connectivity index (χ1v) is 10.7. The van der Waals surface area contributed by atoms with E-state index in [1.54, 1.807) is 37.3 Å². The molecule has 0 aromatic heterocycles. The van der Waals surface area contributed by atoms with Gasteiger partial charge in [-0.3, -0.25) is 9.59 Å². The summed E-state index contributed by atoms with van der Waals surface area (Å²) >= 11 is 0. The number of benzene rings is 2. The van der Waals surface area contributed by atoms with Gasteiger partial charge in [-0.05, 0) is 75.4 Å². The highest BCUT2D eigenvalue weighted by atomic mass is 16.5. The van der Waals surface area contributed by atoms with E-state index < -0.39 is 12.1 Å². The molecule has 6 nitrogen and oxygen atoms in total. The van der Waals surface area contributed by atoms with E-state index in [0.717, 1.165) is 30.4 Å². The molecule has 0 saturated carbocycles. The number of nitrogens with zero attached hydrogens (tertiary/aromatic N) is 1. The summed E-state index contributed by atoms with van der Waals surface area (Å²) in [5.74, 6) is -0.600. The molecule has 0 N–H and O–H groups in total. The monoisotopic (exact) mass is 423 g/mol. The van der Waals surface area contributed by atoms with Crippen molar-refractivity contribution >= 4 is 17.8 Å². The van der Waals surface area contributed by atoms with Gasteiger partial charge in [0, 0.05) is 19.0 Å². The summed E-state index contributed by atoms with van der Waals surface area (Å²) < 4.78 is 10.6. The fraction of sp³-hybridized carbons (Fsp3) is 0.400. The zero-order chi connectivity index (χ0) is 22.5. The van der Waals surface area contributed by atoms with Crippen molar-refractivity contribution < 1.29 is 23.9 Å². The predicted molar refractivity (Wildman–Crippen MR) is 118 cm³/mol. The van der Waals surface area contributed by atoms with E-state index in [4.69, 9.17) is 9.47 Å². The molecule has 3 rings (SSSR count). The first-order chi connectivity index (χ1) is 14.8. The van der Waals surface area contributed by atoms with Gasteiger partial charge in [-0.25, -0.2) is 4.79 Å². The highest BCUT2D eigenvalue weighted by molar-refractivity contribution is 5.93. The lowest BCUT2D eigenvalue weighted by atomic mass is 9.97. The molecule has 0 bridgehead atoms. The molecule has 1 amide bonds. The van der Waals surface area contributed by atoms with E-state index in [9.17, 15) is 14.4 Å². The average molecular weight is 424 g/mol. The number of piperidine rings is 1. The van der Waals surface area contributed by atoms with Crippen LogP contribution in [0.2, 0.25) is 0 Å². The number of hydrogen-bond donors (Lipinski definition) is 0. The molecule has 1 fully saturated rings. The Morgan fingerprint density at radius 3 is 2.23 bits per heavy atom. The van der Waals surface area contributed by atoms with Gasteiger partial charge in [0.05, 0.1) is 5.56 Å². The van der Waals surface area contributed by atoms with E-state index in [-0.39, 0.29) is 24.0 Å². The van der Waals surface area contributed by atoms with Crippen LogP contribution in [0.1, 0.15) is 57.3 Å². The van der Waals surface area contributed by atoms with Crippen LogP contribution in [0.4, 0.5) is 0 Å². The van der Waals surface area contributed by atoms with Crippen molar-refractivity contribution in [1.82, 2.24) is 4.90 Å². The minimum Gasteiger partial charge on any atom is -0.449 e. The summed E-state index contributed by atoms with van der Waals surface area (Å²) in [7, 11) is 0. The minimum absolute atomic E-state index is 0.148. The van der Waals surface area contributed by atoms with Crippen molar-refractivity contribution in [1.29, 1.82) is 0 Å². The van der Waals surface area contributed by atoms with Gasteiger partial charge in [0.1, 0.15) is 5.75 Å². The quantitative estimate of drug-likeness (QED) is 0.519. The lowest BCUT2D eigenvalue weighted by molar-refractivity contribution is -0.146. The standard InChI is InChI=1S/C25H29NO5/c1-16-7-5-8-17(2)26(16)24(28)18(3)30-25(29)22-10-6-9-21(15-22)20-11-13-23(14-12-20)31-19(4)27/h6,9-18H,5,7-8H2,1-4H3/t16-,17+,18-/m1/s1. The van der Waals surface area contributed by atoms with Crippen molar-refractivity contribution in [2.24, 2.45) is 0 Å². The van der Waals surface area contributed by atoms with Crippen molar-refractivity contribution in [3.63, 3.8) is 0 Å². The SMILES string of the molecule is CC(=O)Oc1ccc(-c2cccc(C(=O)O[C@H](C)C(=O)N3[C@H](C)CCC[C@@H]3C)c2)cc1. The number of likely N-dealkylation sites (tertiary alicyclic amines) is 1. The summed E-state index contributed by atoms with van der Waals surface area (Å²) in [6, 6.07) is 14.4. The smallest absolute Gasteiger partial charge is 0.338 e.